The summed E-state index contributed by atoms with van der Waals surface area (Å²) < 4.78 is 0. The van der Waals surface area contributed by atoms with Gasteiger partial charge in [0.05, 0.1) is 0 Å². The Kier molecular flexibility index (Phi) is 4.49. The van der Waals surface area contributed by atoms with Crippen molar-refractivity contribution in [1.29, 1.82) is 0 Å². The minimum absolute atomic E-state index is 0.506. The van der Waals surface area contributed by atoms with Crippen LogP contribution in [-0.2, 0) is 9.59 Å². The molecule has 2 rings (SSSR count). The van der Waals surface area contributed by atoms with Crippen molar-refractivity contribution in [3.8, 4) is 0 Å². The van der Waals surface area contributed by atoms with Crippen molar-refractivity contribution >= 4 is 23.2 Å². The third-order valence-electron chi connectivity index (χ3n) is 2.80. The Morgan fingerprint density at radius 2 is 1.85 bits per heavy atom. The van der Waals surface area contributed by atoms with E-state index in [4.69, 9.17) is 5.73 Å². The fourth-order valence-electron chi connectivity index (χ4n) is 1.76. The SMILES string of the molecule is NC(C(=O)NC(C(=O)O)c1ccccc1)c1cccs1. The lowest BCUT2D eigenvalue weighted by atomic mass is 10.1. The Balaban J connectivity index is 2.13. The summed E-state index contributed by atoms with van der Waals surface area (Å²) in [6, 6.07) is 10.1. The number of carbonyl (C=O) groups is 2. The van der Waals surface area contributed by atoms with E-state index in [1.807, 2.05) is 5.38 Å². The lowest BCUT2D eigenvalue weighted by molar-refractivity contribution is -0.142. The molecule has 104 valence electrons. The van der Waals surface area contributed by atoms with Crippen molar-refractivity contribution in [3.63, 3.8) is 0 Å². The predicted molar refractivity (Wildman–Crippen MR) is 76.2 cm³/mol. The van der Waals surface area contributed by atoms with Crippen LogP contribution in [0, 0.1) is 0 Å². The summed E-state index contributed by atoms with van der Waals surface area (Å²) in [5, 5.41) is 13.5. The molecule has 1 amide bonds. The highest BCUT2D eigenvalue weighted by molar-refractivity contribution is 7.10. The summed E-state index contributed by atoms with van der Waals surface area (Å²) in [6.07, 6.45) is 0. The van der Waals surface area contributed by atoms with E-state index in [2.05, 4.69) is 5.32 Å². The van der Waals surface area contributed by atoms with E-state index in [-0.39, 0.29) is 0 Å². The van der Waals surface area contributed by atoms with Crippen molar-refractivity contribution in [2.75, 3.05) is 0 Å². The fraction of sp³-hybridized carbons (Fsp3) is 0.143. The number of nitrogens with two attached hydrogens (primary N) is 1. The number of hydrogen-bond donors (Lipinski definition) is 3. The number of benzene rings is 1. The first-order chi connectivity index (χ1) is 9.59. The van der Waals surface area contributed by atoms with Gasteiger partial charge in [-0.1, -0.05) is 36.4 Å². The molecule has 0 fully saturated rings. The first-order valence-corrected chi connectivity index (χ1v) is 6.84. The topological polar surface area (TPSA) is 92.4 Å². The van der Waals surface area contributed by atoms with E-state index < -0.39 is 24.0 Å². The number of carboxylic acids is 1. The summed E-state index contributed by atoms with van der Waals surface area (Å²) >= 11 is 1.36. The molecule has 2 atom stereocenters. The standard InChI is InChI=1S/C14H14N2O3S/c15-11(10-7-4-8-20-10)13(17)16-12(14(18)19)9-5-2-1-3-6-9/h1-8,11-12H,15H2,(H,16,17)(H,18,19). The summed E-state index contributed by atoms with van der Waals surface area (Å²) in [4.78, 5) is 24.0. The summed E-state index contributed by atoms with van der Waals surface area (Å²) in [7, 11) is 0. The molecule has 2 aromatic rings. The third-order valence-corrected chi connectivity index (χ3v) is 3.75. The fourth-order valence-corrected chi connectivity index (χ4v) is 2.49. The van der Waals surface area contributed by atoms with Crippen LogP contribution in [0.3, 0.4) is 0 Å². The molecular weight excluding hydrogens is 276 g/mol. The Bertz CT molecular complexity index is 584. The lowest BCUT2D eigenvalue weighted by Gasteiger charge is -2.17. The van der Waals surface area contributed by atoms with Crippen LogP contribution in [0.1, 0.15) is 22.5 Å². The zero-order chi connectivity index (χ0) is 14.5. The predicted octanol–water partition coefficient (Wildman–Crippen LogP) is 1.69. The average molecular weight is 290 g/mol. The number of hydrogen-bond acceptors (Lipinski definition) is 4. The van der Waals surface area contributed by atoms with E-state index in [1.165, 1.54) is 11.3 Å². The van der Waals surface area contributed by atoms with E-state index in [9.17, 15) is 14.7 Å². The van der Waals surface area contributed by atoms with Crippen molar-refractivity contribution in [3.05, 3.63) is 58.3 Å². The zero-order valence-corrected chi connectivity index (χ0v) is 11.3. The summed E-state index contributed by atoms with van der Waals surface area (Å²) in [5.41, 5.74) is 6.32. The summed E-state index contributed by atoms with van der Waals surface area (Å²) in [5.74, 6) is -1.63. The van der Waals surface area contributed by atoms with Gasteiger partial charge in [-0.3, -0.25) is 4.79 Å². The quantitative estimate of drug-likeness (QED) is 0.781. The van der Waals surface area contributed by atoms with Crippen molar-refractivity contribution in [1.82, 2.24) is 5.32 Å². The number of rotatable bonds is 5. The number of nitrogens with one attached hydrogen (secondary N) is 1. The molecule has 4 N–H and O–H groups in total. The number of aliphatic carboxylic acids is 1. The maximum absolute atomic E-state index is 12.0. The molecular formula is C14H14N2O3S. The molecule has 0 aliphatic carbocycles. The smallest absolute Gasteiger partial charge is 0.330 e. The summed E-state index contributed by atoms with van der Waals surface area (Å²) in [6.45, 7) is 0. The van der Waals surface area contributed by atoms with Crippen LogP contribution in [0.5, 0.6) is 0 Å². The van der Waals surface area contributed by atoms with Gasteiger partial charge in [-0.15, -0.1) is 11.3 Å². The number of thiophene rings is 1. The largest absolute Gasteiger partial charge is 0.479 e. The van der Waals surface area contributed by atoms with Gasteiger partial charge < -0.3 is 16.2 Å². The Morgan fingerprint density at radius 1 is 1.15 bits per heavy atom. The second-order valence-electron chi connectivity index (χ2n) is 4.18. The van der Waals surface area contributed by atoms with Crippen LogP contribution >= 0.6 is 11.3 Å². The van der Waals surface area contributed by atoms with Crippen LogP contribution in [-0.4, -0.2) is 17.0 Å². The molecule has 20 heavy (non-hydrogen) atoms. The molecule has 0 aliphatic rings. The number of carboxylic acid groups (broad SMARTS) is 1. The van der Waals surface area contributed by atoms with Gasteiger partial charge in [0, 0.05) is 4.88 Å². The molecule has 2 unspecified atom stereocenters. The first kappa shape index (κ1) is 14.2. The van der Waals surface area contributed by atoms with Gasteiger partial charge in [0.25, 0.3) is 0 Å². The van der Waals surface area contributed by atoms with Gasteiger partial charge in [0.2, 0.25) is 5.91 Å². The van der Waals surface area contributed by atoms with Gasteiger partial charge in [0.15, 0.2) is 6.04 Å². The van der Waals surface area contributed by atoms with Gasteiger partial charge in [-0.05, 0) is 17.0 Å². The molecule has 1 heterocycles. The van der Waals surface area contributed by atoms with Crippen LogP contribution in [0.4, 0.5) is 0 Å². The average Bonchev–Trinajstić information content (AvgIpc) is 2.98. The molecule has 0 saturated heterocycles. The van der Waals surface area contributed by atoms with Crippen LogP contribution in [0.15, 0.2) is 47.8 Å². The van der Waals surface area contributed by atoms with Crippen molar-refractivity contribution in [2.24, 2.45) is 5.73 Å². The number of amides is 1. The van der Waals surface area contributed by atoms with E-state index in [1.54, 1.807) is 42.5 Å². The van der Waals surface area contributed by atoms with Gasteiger partial charge in [-0.25, -0.2) is 4.79 Å². The molecule has 0 radical (unpaired) electrons. The van der Waals surface area contributed by atoms with Gasteiger partial charge >= 0.3 is 5.97 Å². The maximum Gasteiger partial charge on any atom is 0.330 e. The number of carbonyl (C=O) groups excluding carboxylic acids is 1. The highest BCUT2D eigenvalue weighted by atomic mass is 32.1. The first-order valence-electron chi connectivity index (χ1n) is 5.96. The van der Waals surface area contributed by atoms with Crippen molar-refractivity contribution in [2.45, 2.75) is 12.1 Å². The Morgan fingerprint density at radius 3 is 2.40 bits per heavy atom. The molecule has 0 bridgehead atoms. The van der Waals surface area contributed by atoms with E-state index in [0.29, 0.717) is 10.4 Å². The zero-order valence-electron chi connectivity index (χ0n) is 10.5. The lowest BCUT2D eigenvalue weighted by Crippen LogP contribution is -2.39. The van der Waals surface area contributed by atoms with Crippen LogP contribution in [0.2, 0.25) is 0 Å². The minimum atomic E-state index is -1.12. The van der Waals surface area contributed by atoms with Gasteiger partial charge in [0.1, 0.15) is 6.04 Å². The highest BCUT2D eigenvalue weighted by Crippen LogP contribution is 2.19. The van der Waals surface area contributed by atoms with Gasteiger partial charge in [-0.2, -0.15) is 0 Å². The molecule has 5 nitrogen and oxygen atoms in total. The molecule has 0 spiro atoms. The molecule has 0 aliphatic heterocycles. The van der Waals surface area contributed by atoms with Crippen LogP contribution < -0.4 is 11.1 Å². The second kappa shape index (κ2) is 6.31. The molecule has 1 aromatic heterocycles. The minimum Gasteiger partial charge on any atom is -0.479 e. The highest BCUT2D eigenvalue weighted by Gasteiger charge is 2.25. The normalized spacial score (nSPS) is 13.4. The Hall–Kier alpha value is -2.18. The van der Waals surface area contributed by atoms with E-state index in [0.717, 1.165) is 0 Å². The molecule has 0 saturated carbocycles. The van der Waals surface area contributed by atoms with E-state index >= 15 is 0 Å². The molecule has 1 aromatic carbocycles. The third kappa shape index (κ3) is 3.23. The Labute approximate surface area is 120 Å². The van der Waals surface area contributed by atoms with Crippen molar-refractivity contribution < 1.29 is 14.7 Å². The molecule has 6 heteroatoms. The van der Waals surface area contributed by atoms with Crippen LogP contribution in [0.25, 0.3) is 0 Å². The maximum atomic E-state index is 12.0. The monoisotopic (exact) mass is 290 g/mol. The second-order valence-corrected chi connectivity index (χ2v) is 5.16.